The quantitative estimate of drug-likeness (QED) is 0.315. The SMILES string of the molecule is O=C1c2ccccc2C(=O)c2c(NCCCn3cnc([N+](=O)[O-])c3)cccc21. The van der Waals surface area contributed by atoms with Gasteiger partial charge in [-0.05, 0) is 22.4 Å². The Balaban J connectivity index is 1.48. The van der Waals surface area contributed by atoms with E-state index in [2.05, 4.69) is 10.3 Å². The predicted molar refractivity (Wildman–Crippen MR) is 102 cm³/mol. The third-order valence-corrected chi connectivity index (χ3v) is 4.67. The van der Waals surface area contributed by atoms with Gasteiger partial charge >= 0.3 is 5.82 Å². The Morgan fingerprint density at radius 2 is 1.71 bits per heavy atom. The summed E-state index contributed by atoms with van der Waals surface area (Å²) in [4.78, 5) is 39.5. The molecule has 0 bridgehead atoms. The number of rotatable bonds is 6. The van der Waals surface area contributed by atoms with Gasteiger partial charge in [-0.15, -0.1) is 0 Å². The zero-order valence-corrected chi connectivity index (χ0v) is 14.8. The van der Waals surface area contributed by atoms with Gasteiger partial charge in [-0.3, -0.25) is 9.59 Å². The molecule has 2 aromatic carbocycles. The first-order valence-electron chi connectivity index (χ1n) is 8.78. The van der Waals surface area contributed by atoms with Crippen LogP contribution in [-0.4, -0.2) is 32.6 Å². The number of fused-ring (bicyclic) bond motifs is 2. The van der Waals surface area contributed by atoms with E-state index < -0.39 is 4.92 Å². The molecule has 0 saturated heterocycles. The van der Waals surface area contributed by atoms with E-state index >= 15 is 0 Å². The molecule has 1 N–H and O–H groups in total. The van der Waals surface area contributed by atoms with Crippen LogP contribution in [0, 0.1) is 10.1 Å². The Morgan fingerprint density at radius 3 is 2.43 bits per heavy atom. The number of carbonyl (C=O) groups excluding carboxylic acids is 2. The van der Waals surface area contributed by atoms with Gasteiger partial charge < -0.3 is 20.0 Å². The van der Waals surface area contributed by atoms with Gasteiger partial charge in [-0.2, -0.15) is 0 Å². The van der Waals surface area contributed by atoms with Crippen molar-refractivity contribution in [2.75, 3.05) is 11.9 Å². The first-order chi connectivity index (χ1) is 13.6. The van der Waals surface area contributed by atoms with Crippen LogP contribution in [0.2, 0.25) is 0 Å². The maximum absolute atomic E-state index is 12.9. The highest BCUT2D eigenvalue weighted by Crippen LogP contribution is 2.31. The minimum absolute atomic E-state index is 0.153. The Hall–Kier alpha value is -3.81. The Labute approximate surface area is 160 Å². The molecule has 0 fully saturated rings. The summed E-state index contributed by atoms with van der Waals surface area (Å²) in [7, 11) is 0. The number of carbonyl (C=O) groups is 2. The van der Waals surface area contributed by atoms with Crippen LogP contribution in [0.1, 0.15) is 38.3 Å². The minimum atomic E-state index is -0.536. The fraction of sp³-hybridized carbons (Fsp3) is 0.150. The van der Waals surface area contributed by atoms with Crippen molar-refractivity contribution < 1.29 is 14.5 Å². The fourth-order valence-electron chi connectivity index (χ4n) is 3.34. The Bertz CT molecular complexity index is 1100. The molecular weight excluding hydrogens is 360 g/mol. The first kappa shape index (κ1) is 17.6. The van der Waals surface area contributed by atoms with Crippen LogP contribution in [-0.2, 0) is 6.54 Å². The summed E-state index contributed by atoms with van der Waals surface area (Å²) in [5.74, 6) is -0.508. The summed E-state index contributed by atoms with van der Waals surface area (Å²) >= 11 is 0. The molecule has 4 rings (SSSR count). The lowest BCUT2D eigenvalue weighted by Gasteiger charge is -2.20. The topological polar surface area (TPSA) is 107 Å². The highest BCUT2D eigenvalue weighted by atomic mass is 16.6. The number of aryl methyl sites for hydroxylation is 1. The highest BCUT2D eigenvalue weighted by Gasteiger charge is 2.31. The van der Waals surface area contributed by atoms with Crippen LogP contribution in [0.15, 0.2) is 55.0 Å². The van der Waals surface area contributed by atoms with Crippen LogP contribution < -0.4 is 5.32 Å². The molecule has 0 radical (unpaired) electrons. The average molecular weight is 376 g/mol. The van der Waals surface area contributed by atoms with E-state index in [0.29, 0.717) is 47.5 Å². The zero-order chi connectivity index (χ0) is 19.7. The molecule has 0 atom stereocenters. The van der Waals surface area contributed by atoms with Gasteiger partial charge in [0.1, 0.15) is 6.20 Å². The fourth-order valence-corrected chi connectivity index (χ4v) is 3.34. The van der Waals surface area contributed by atoms with Crippen LogP contribution >= 0.6 is 0 Å². The lowest BCUT2D eigenvalue weighted by Crippen LogP contribution is -2.22. The summed E-state index contributed by atoms with van der Waals surface area (Å²) in [5, 5.41) is 13.9. The summed E-state index contributed by atoms with van der Waals surface area (Å²) in [6.07, 6.45) is 3.46. The number of anilines is 1. The minimum Gasteiger partial charge on any atom is -0.384 e. The summed E-state index contributed by atoms with van der Waals surface area (Å²) in [6, 6.07) is 12.0. The van der Waals surface area contributed by atoms with E-state index in [1.165, 1.54) is 12.5 Å². The normalized spacial score (nSPS) is 12.4. The van der Waals surface area contributed by atoms with Crippen molar-refractivity contribution in [2.45, 2.75) is 13.0 Å². The van der Waals surface area contributed by atoms with Gasteiger partial charge in [0.05, 0.1) is 5.56 Å². The van der Waals surface area contributed by atoms with Crippen molar-refractivity contribution >= 4 is 23.1 Å². The van der Waals surface area contributed by atoms with Crippen LogP contribution in [0.4, 0.5) is 11.5 Å². The van der Waals surface area contributed by atoms with Gasteiger partial charge in [0.15, 0.2) is 11.6 Å². The number of hydrogen-bond acceptors (Lipinski definition) is 6. The monoisotopic (exact) mass is 376 g/mol. The molecule has 0 amide bonds. The van der Waals surface area contributed by atoms with Gasteiger partial charge in [0, 0.05) is 35.5 Å². The smallest absolute Gasteiger partial charge is 0.381 e. The lowest BCUT2D eigenvalue weighted by molar-refractivity contribution is -0.389. The standard InChI is InChI=1S/C20H16N4O4/c25-19-13-5-1-2-6-14(13)20(26)18-15(19)7-3-8-16(18)21-9-4-10-23-11-17(22-12-23)24(27)28/h1-3,5-8,11-12,21H,4,9-10H2. The van der Waals surface area contributed by atoms with Crippen molar-refractivity contribution in [1.29, 1.82) is 0 Å². The second-order valence-electron chi connectivity index (χ2n) is 6.44. The van der Waals surface area contributed by atoms with Crippen LogP contribution in [0.5, 0.6) is 0 Å². The van der Waals surface area contributed by atoms with Crippen LogP contribution in [0.3, 0.4) is 0 Å². The molecule has 1 aromatic heterocycles. The summed E-state index contributed by atoms with van der Waals surface area (Å²) < 4.78 is 1.64. The molecule has 1 aliphatic rings. The Kier molecular flexibility index (Phi) is 4.44. The molecule has 0 spiro atoms. The molecule has 1 heterocycles. The van der Waals surface area contributed by atoms with Crippen molar-refractivity contribution in [2.24, 2.45) is 0 Å². The van der Waals surface area contributed by atoms with Crippen LogP contribution in [0.25, 0.3) is 0 Å². The number of ketones is 2. The molecule has 8 nitrogen and oxygen atoms in total. The first-order valence-corrected chi connectivity index (χ1v) is 8.78. The van der Waals surface area contributed by atoms with E-state index in [1.807, 2.05) is 0 Å². The number of imidazole rings is 1. The maximum atomic E-state index is 12.9. The number of nitrogens with one attached hydrogen (secondary N) is 1. The number of nitro groups is 1. The number of hydrogen-bond donors (Lipinski definition) is 1. The number of benzene rings is 2. The largest absolute Gasteiger partial charge is 0.384 e. The van der Waals surface area contributed by atoms with Crippen molar-refractivity contribution in [1.82, 2.24) is 9.55 Å². The molecule has 0 unspecified atom stereocenters. The van der Waals surface area contributed by atoms with Gasteiger partial charge in [-0.1, -0.05) is 36.4 Å². The molecule has 3 aromatic rings. The zero-order valence-electron chi connectivity index (χ0n) is 14.8. The lowest BCUT2D eigenvalue weighted by atomic mass is 9.83. The second kappa shape index (κ2) is 7.07. The van der Waals surface area contributed by atoms with E-state index in [-0.39, 0.29) is 17.4 Å². The van der Waals surface area contributed by atoms with Crippen molar-refractivity contribution in [3.05, 3.63) is 87.4 Å². The molecule has 28 heavy (non-hydrogen) atoms. The van der Waals surface area contributed by atoms with Gasteiger partial charge in [0.2, 0.25) is 6.33 Å². The van der Waals surface area contributed by atoms with Crippen molar-refractivity contribution in [3.63, 3.8) is 0 Å². The number of nitrogens with zero attached hydrogens (tertiary/aromatic N) is 3. The van der Waals surface area contributed by atoms with E-state index in [1.54, 1.807) is 47.0 Å². The highest BCUT2D eigenvalue weighted by molar-refractivity contribution is 6.30. The average Bonchev–Trinajstić information content (AvgIpc) is 3.18. The summed E-state index contributed by atoms with van der Waals surface area (Å²) in [5.41, 5.74) is 2.25. The molecule has 0 saturated carbocycles. The van der Waals surface area contributed by atoms with E-state index in [0.717, 1.165) is 0 Å². The molecule has 0 aliphatic heterocycles. The second-order valence-corrected chi connectivity index (χ2v) is 6.44. The van der Waals surface area contributed by atoms with Crippen molar-refractivity contribution in [3.8, 4) is 0 Å². The van der Waals surface area contributed by atoms with Gasteiger partial charge in [-0.25, -0.2) is 0 Å². The molecule has 1 aliphatic carbocycles. The maximum Gasteiger partial charge on any atom is 0.381 e. The van der Waals surface area contributed by atoms with E-state index in [4.69, 9.17) is 0 Å². The summed E-state index contributed by atoms with van der Waals surface area (Å²) in [6.45, 7) is 1.07. The molecule has 8 heteroatoms. The van der Waals surface area contributed by atoms with Gasteiger partial charge in [0.25, 0.3) is 0 Å². The molecular formula is C20H16N4O4. The number of aromatic nitrogens is 2. The third kappa shape index (κ3) is 3.05. The Morgan fingerprint density at radius 1 is 1.00 bits per heavy atom. The third-order valence-electron chi connectivity index (χ3n) is 4.67. The predicted octanol–water partition coefficient (Wildman–Crippen LogP) is 3.07. The van der Waals surface area contributed by atoms with E-state index in [9.17, 15) is 19.7 Å². The molecule has 140 valence electrons.